The molecule has 0 aliphatic carbocycles. The van der Waals surface area contributed by atoms with Crippen LogP contribution in [0.1, 0.15) is 43.4 Å². The molecule has 1 heterocycles. The fourth-order valence-electron chi connectivity index (χ4n) is 2.71. The minimum atomic E-state index is 0.0345. The Morgan fingerprint density at radius 1 is 1.27 bits per heavy atom. The summed E-state index contributed by atoms with van der Waals surface area (Å²) in [6, 6.07) is 4.23. The van der Waals surface area contributed by atoms with Gasteiger partial charge in [0.2, 0.25) is 5.91 Å². The Kier molecular flexibility index (Phi) is 5.61. The van der Waals surface area contributed by atoms with Crippen molar-refractivity contribution in [1.82, 2.24) is 10.6 Å². The van der Waals surface area contributed by atoms with E-state index in [-0.39, 0.29) is 5.91 Å². The normalized spacial score (nSPS) is 11.3. The van der Waals surface area contributed by atoms with Crippen LogP contribution in [0.15, 0.2) is 22.8 Å². The van der Waals surface area contributed by atoms with Gasteiger partial charge < -0.3 is 15.1 Å². The Balaban J connectivity index is 2.11. The van der Waals surface area contributed by atoms with Crippen molar-refractivity contribution in [3.8, 4) is 0 Å². The molecule has 1 amide bonds. The monoisotopic (exact) mass is 302 g/mol. The van der Waals surface area contributed by atoms with Gasteiger partial charge in [-0.05, 0) is 42.6 Å². The van der Waals surface area contributed by atoms with Gasteiger partial charge in [-0.15, -0.1) is 0 Å². The van der Waals surface area contributed by atoms with Crippen LogP contribution in [-0.4, -0.2) is 25.5 Å². The Morgan fingerprint density at radius 3 is 2.73 bits per heavy atom. The van der Waals surface area contributed by atoms with Crippen LogP contribution in [0.5, 0.6) is 0 Å². The quantitative estimate of drug-likeness (QED) is 0.773. The molecule has 22 heavy (non-hydrogen) atoms. The van der Waals surface area contributed by atoms with Crippen LogP contribution in [-0.2, 0) is 11.2 Å². The van der Waals surface area contributed by atoms with Gasteiger partial charge in [0, 0.05) is 24.0 Å². The topological polar surface area (TPSA) is 54.3 Å². The maximum atomic E-state index is 12.0. The molecule has 1 aromatic heterocycles. The van der Waals surface area contributed by atoms with Gasteiger partial charge in [0.25, 0.3) is 0 Å². The van der Waals surface area contributed by atoms with Crippen molar-refractivity contribution >= 4 is 16.9 Å². The lowest BCUT2D eigenvalue weighted by Crippen LogP contribution is -2.32. The van der Waals surface area contributed by atoms with E-state index in [1.165, 1.54) is 11.1 Å². The van der Waals surface area contributed by atoms with Gasteiger partial charge in [0.1, 0.15) is 5.58 Å². The van der Waals surface area contributed by atoms with Crippen LogP contribution in [0.25, 0.3) is 11.0 Å². The van der Waals surface area contributed by atoms with E-state index >= 15 is 0 Å². The second kappa shape index (κ2) is 7.45. The van der Waals surface area contributed by atoms with Crippen LogP contribution in [0.4, 0.5) is 0 Å². The van der Waals surface area contributed by atoms with Crippen LogP contribution in [0, 0.1) is 6.92 Å². The summed E-state index contributed by atoms with van der Waals surface area (Å²) < 4.78 is 5.62. The summed E-state index contributed by atoms with van der Waals surface area (Å²) in [6.07, 6.45) is 2.07. The van der Waals surface area contributed by atoms with Crippen LogP contribution in [0.2, 0.25) is 0 Å². The predicted molar refractivity (Wildman–Crippen MR) is 90.3 cm³/mol. The third-order valence-corrected chi connectivity index (χ3v) is 3.89. The molecule has 0 spiro atoms. The fourth-order valence-corrected chi connectivity index (χ4v) is 2.71. The summed E-state index contributed by atoms with van der Waals surface area (Å²) in [5.41, 5.74) is 4.36. The minimum Gasteiger partial charge on any atom is -0.464 e. The number of nitrogens with one attached hydrogen (secondary N) is 2. The minimum absolute atomic E-state index is 0.0345. The van der Waals surface area contributed by atoms with Gasteiger partial charge in [-0.3, -0.25) is 4.79 Å². The number of benzene rings is 1. The molecule has 0 bridgehead atoms. The van der Waals surface area contributed by atoms with Crippen molar-refractivity contribution in [2.45, 2.75) is 40.0 Å². The van der Waals surface area contributed by atoms with E-state index in [2.05, 4.69) is 43.5 Å². The first-order chi connectivity index (χ1) is 10.5. The van der Waals surface area contributed by atoms with E-state index in [0.29, 0.717) is 18.9 Å². The average molecular weight is 302 g/mol. The molecule has 0 radical (unpaired) electrons. The Labute approximate surface area is 132 Å². The Bertz CT molecular complexity index is 644. The highest BCUT2D eigenvalue weighted by atomic mass is 16.3. The molecule has 120 valence electrons. The standard InChI is InChI=1S/C18H26N2O2/c1-5-19-6-7-20-18(21)9-14-11-22-17-8-13(4)15(12(2)3)10-16(14)17/h8,10-12,19H,5-7,9H2,1-4H3,(H,20,21). The number of likely N-dealkylation sites (N-methyl/N-ethyl adjacent to an activating group) is 1. The van der Waals surface area contributed by atoms with Crippen molar-refractivity contribution in [2.24, 2.45) is 0 Å². The van der Waals surface area contributed by atoms with Gasteiger partial charge in [-0.25, -0.2) is 0 Å². The summed E-state index contributed by atoms with van der Waals surface area (Å²) in [7, 11) is 0. The van der Waals surface area contributed by atoms with E-state index in [1.54, 1.807) is 6.26 Å². The van der Waals surface area contributed by atoms with E-state index in [1.807, 2.05) is 6.92 Å². The lowest BCUT2D eigenvalue weighted by molar-refractivity contribution is -0.120. The molecule has 0 saturated heterocycles. The SMILES string of the molecule is CCNCCNC(=O)Cc1coc2cc(C)c(C(C)C)cc12. The number of hydrogen-bond donors (Lipinski definition) is 2. The molecule has 0 aliphatic heterocycles. The van der Waals surface area contributed by atoms with Crippen molar-refractivity contribution in [3.05, 3.63) is 35.1 Å². The highest BCUT2D eigenvalue weighted by Crippen LogP contribution is 2.29. The Morgan fingerprint density at radius 2 is 2.05 bits per heavy atom. The van der Waals surface area contributed by atoms with Gasteiger partial charge in [-0.2, -0.15) is 0 Å². The van der Waals surface area contributed by atoms with Crippen molar-refractivity contribution in [3.63, 3.8) is 0 Å². The lowest BCUT2D eigenvalue weighted by atomic mass is 9.95. The second-order valence-electron chi connectivity index (χ2n) is 6.00. The maximum absolute atomic E-state index is 12.0. The second-order valence-corrected chi connectivity index (χ2v) is 6.00. The molecule has 2 rings (SSSR count). The van der Waals surface area contributed by atoms with Gasteiger partial charge in [0.05, 0.1) is 12.7 Å². The zero-order valence-electron chi connectivity index (χ0n) is 14.0. The number of furan rings is 1. The van der Waals surface area contributed by atoms with Crippen LogP contribution < -0.4 is 10.6 Å². The van der Waals surface area contributed by atoms with Crippen LogP contribution in [0.3, 0.4) is 0 Å². The average Bonchev–Trinajstić information content (AvgIpc) is 2.84. The first kappa shape index (κ1) is 16.6. The zero-order chi connectivity index (χ0) is 16.1. The number of carbonyl (C=O) groups is 1. The molecule has 0 fully saturated rings. The number of hydrogen-bond acceptors (Lipinski definition) is 3. The summed E-state index contributed by atoms with van der Waals surface area (Å²) >= 11 is 0. The molecular weight excluding hydrogens is 276 g/mol. The molecule has 0 atom stereocenters. The van der Waals surface area contributed by atoms with Crippen LogP contribution >= 0.6 is 0 Å². The third-order valence-electron chi connectivity index (χ3n) is 3.89. The van der Waals surface area contributed by atoms with E-state index < -0.39 is 0 Å². The summed E-state index contributed by atoms with van der Waals surface area (Å²) in [5.74, 6) is 0.494. The number of rotatable bonds is 7. The first-order valence-electron chi connectivity index (χ1n) is 8.01. The number of aryl methyl sites for hydroxylation is 1. The van der Waals surface area contributed by atoms with E-state index in [9.17, 15) is 4.79 Å². The van der Waals surface area contributed by atoms with Crippen molar-refractivity contribution in [2.75, 3.05) is 19.6 Å². The molecule has 2 aromatic rings. The summed E-state index contributed by atoms with van der Waals surface area (Å²) in [4.78, 5) is 12.0. The molecule has 4 heteroatoms. The highest BCUT2D eigenvalue weighted by molar-refractivity contribution is 5.88. The number of carbonyl (C=O) groups excluding carboxylic acids is 1. The smallest absolute Gasteiger partial charge is 0.224 e. The number of fused-ring (bicyclic) bond motifs is 1. The molecule has 0 saturated carbocycles. The lowest BCUT2D eigenvalue weighted by Gasteiger charge is -2.10. The molecule has 0 aliphatic rings. The third kappa shape index (κ3) is 3.89. The van der Waals surface area contributed by atoms with Crippen molar-refractivity contribution in [1.29, 1.82) is 0 Å². The molecule has 1 aromatic carbocycles. The summed E-state index contributed by atoms with van der Waals surface area (Å²) in [5, 5.41) is 7.16. The first-order valence-corrected chi connectivity index (χ1v) is 8.01. The summed E-state index contributed by atoms with van der Waals surface area (Å²) in [6.45, 7) is 10.9. The number of amides is 1. The zero-order valence-corrected chi connectivity index (χ0v) is 14.0. The molecule has 0 unspecified atom stereocenters. The largest absolute Gasteiger partial charge is 0.464 e. The van der Waals surface area contributed by atoms with Crippen molar-refractivity contribution < 1.29 is 9.21 Å². The van der Waals surface area contributed by atoms with Gasteiger partial charge in [-0.1, -0.05) is 20.8 Å². The van der Waals surface area contributed by atoms with Gasteiger partial charge in [0.15, 0.2) is 0 Å². The predicted octanol–water partition coefficient (Wildman–Crippen LogP) is 3.13. The van der Waals surface area contributed by atoms with E-state index in [0.717, 1.165) is 29.6 Å². The van der Waals surface area contributed by atoms with E-state index in [4.69, 9.17) is 4.42 Å². The maximum Gasteiger partial charge on any atom is 0.224 e. The molecule has 2 N–H and O–H groups in total. The molecule has 4 nitrogen and oxygen atoms in total. The van der Waals surface area contributed by atoms with Gasteiger partial charge >= 0.3 is 0 Å². The molecular formula is C18H26N2O2. The Hall–Kier alpha value is -1.81. The highest BCUT2D eigenvalue weighted by Gasteiger charge is 2.13. The fraction of sp³-hybridized carbons (Fsp3) is 0.500.